The van der Waals surface area contributed by atoms with Gasteiger partial charge in [0.1, 0.15) is 0 Å². The molecule has 1 rings (SSSR count). The summed E-state index contributed by atoms with van der Waals surface area (Å²) in [7, 11) is 1.28. The number of methoxy groups -OCH3 is 1. The molecule has 1 atom stereocenters. The second-order valence-electron chi connectivity index (χ2n) is 3.70. The van der Waals surface area contributed by atoms with E-state index in [1.807, 2.05) is 0 Å². The molecule has 98 valence electrons. The number of ether oxygens (including phenoxy) is 1. The lowest BCUT2D eigenvalue weighted by Gasteiger charge is -2.12. The Bertz CT molecular complexity index is 458. The van der Waals surface area contributed by atoms with Gasteiger partial charge in [-0.3, -0.25) is 4.79 Å². The number of esters is 1. The van der Waals surface area contributed by atoms with Crippen LogP contribution in [0.2, 0.25) is 0 Å². The van der Waals surface area contributed by atoms with Crippen LogP contribution < -0.4 is 0 Å². The number of hydrogen-bond acceptors (Lipinski definition) is 5. The van der Waals surface area contributed by atoms with Crippen LogP contribution >= 0.6 is 12.6 Å². The third kappa shape index (κ3) is 3.75. The molecular formula is C12H14O5S. The van der Waals surface area contributed by atoms with E-state index in [1.165, 1.54) is 13.2 Å². The minimum absolute atomic E-state index is 0.127. The van der Waals surface area contributed by atoms with Crippen LogP contribution in [0.25, 0.3) is 0 Å². The van der Waals surface area contributed by atoms with E-state index in [0.29, 0.717) is 16.9 Å². The van der Waals surface area contributed by atoms with E-state index in [9.17, 15) is 14.7 Å². The number of hydrogen-bond donors (Lipinski definition) is 3. The summed E-state index contributed by atoms with van der Waals surface area (Å²) in [6.45, 7) is 0. The molecule has 18 heavy (non-hydrogen) atoms. The van der Waals surface area contributed by atoms with E-state index in [-0.39, 0.29) is 18.0 Å². The maximum Gasteiger partial charge on any atom is 0.337 e. The molecule has 1 aromatic rings. The number of aliphatic hydroxyl groups is 1. The number of aliphatic carboxylic acids is 1. The van der Waals surface area contributed by atoms with Crippen LogP contribution in [0, 0.1) is 0 Å². The molecule has 0 aromatic heterocycles. The van der Waals surface area contributed by atoms with Crippen LogP contribution in [0.5, 0.6) is 0 Å². The van der Waals surface area contributed by atoms with Crippen molar-refractivity contribution >= 4 is 24.6 Å². The minimum atomic E-state index is -1.62. The molecule has 0 aliphatic carbocycles. The van der Waals surface area contributed by atoms with Crippen molar-refractivity contribution in [3.8, 4) is 0 Å². The number of carbonyl (C=O) groups excluding carboxylic acids is 1. The second-order valence-corrected chi connectivity index (χ2v) is 4.22. The number of aryl methyl sites for hydroxylation is 1. The Balaban J connectivity index is 2.96. The molecule has 1 unspecified atom stereocenters. The van der Waals surface area contributed by atoms with Crippen molar-refractivity contribution in [3.63, 3.8) is 0 Å². The van der Waals surface area contributed by atoms with Crippen molar-refractivity contribution in [1.29, 1.82) is 0 Å². The fourth-order valence-corrected chi connectivity index (χ4v) is 1.75. The van der Waals surface area contributed by atoms with Gasteiger partial charge in [-0.2, -0.15) is 0 Å². The summed E-state index contributed by atoms with van der Waals surface area (Å²) >= 11 is 4.10. The Morgan fingerprint density at radius 1 is 1.44 bits per heavy atom. The molecule has 0 fully saturated rings. The van der Waals surface area contributed by atoms with E-state index in [2.05, 4.69) is 17.4 Å². The first-order valence-electron chi connectivity index (χ1n) is 5.25. The highest BCUT2D eigenvalue weighted by Crippen LogP contribution is 2.23. The van der Waals surface area contributed by atoms with E-state index in [1.54, 1.807) is 12.1 Å². The molecule has 6 heteroatoms. The summed E-state index contributed by atoms with van der Waals surface area (Å²) in [5.41, 5.74) is 0.840. The molecular weight excluding hydrogens is 256 g/mol. The van der Waals surface area contributed by atoms with Gasteiger partial charge in [-0.25, -0.2) is 4.79 Å². The summed E-state index contributed by atoms with van der Waals surface area (Å²) in [5.74, 6) is -1.73. The van der Waals surface area contributed by atoms with Gasteiger partial charge in [0, 0.05) is 11.3 Å². The van der Waals surface area contributed by atoms with E-state index in [0.717, 1.165) is 0 Å². The predicted molar refractivity (Wildman–Crippen MR) is 66.6 cm³/mol. The van der Waals surface area contributed by atoms with Crippen molar-refractivity contribution in [2.75, 3.05) is 7.11 Å². The van der Waals surface area contributed by atoms with Crippen molar-refractivity contribution < 1.29 is 24.5 Å². The normalized spacial score (nSPS) is 11.9. The fourth-order valence-electron chi connectivity index (χ4n) is 1.54. The molecule has 5 nitrogen and oxygen atoms in total. The Morgan fingerprint density at radius 2 is 2.11 bits per heavy atom. The lowest BCUT2D eigenvalue weighted by molar-refractivity contribution is -0.147. The van der Waals surface area contributed by atoms with Crippen LogP contribution in [-0.4, -0.2) is 29.3 Å². The molecule has 0 spiro atoms. The van der Waals surface area contributed by atoms with Crippen molar-refractivity contribution in [2.45, 2.75) is 23.8 Å². The standard InChI is InChI=1S/C12H14O5S/c1-17-10(13)5-3-7-2-4-8(18)6-9(7)11(14)12(15)16/h2,4,6,11,14,18H,3,5H2,1H3,(H,15,16). The van der Waals surface area contributed by atoms with Crippen LogP contribution in [0.3, 0.4) is 0 Å². The zero-order chi connectivity index (χ0) is 13.7. The Hall–Kier alpha value is -1.53. The van der Waals surface area contributed by atoms with E-state index >= 15 is 0 Å². The largest absolute Gasteiger partial charge is 0.479 e. The summed E-state index contributed by atoms with van der Waals surface area (Å²) in [4.78, 5) is 22.4. The first-order chi connectivity index (χ1) is 8.45. The summed E-state index contributed by atoms with van der Waals surface area (Å²) in [6.07, 6.45) is -1.19. The van der Waals surface area contributed by atoms with Crippen LogP contribution in [-0.2, 0) is 20.7 Å². The van der Waals surface area contributed by atoms with E-state index in [4.69, 9.17) is 5.11 Å². The fraction of sp³-hybridized carbons (Fsp3) is 0.333. The highest BCUT2D eigenvalue weighted by Gasteiger charge is 2.20. The number of carboxylic acid groups (broad SMARTS) is 1. The summed E-state index contributed by atoms with van der Waals surface area (Å²) < 4.78 is 4.51. The van der Waals surface area contributed by atoms with Crippen LogP contribution in [0.4, 0.5) is 0 Å². The average molecular weight is 270 g/mol. The first kappa shape index (κ1) is 14.5. The maximum absolute atomic E-state index is 11.1. The molecule has 0 bridgehead atoms. The van der Waals surface area contributed by atoms with Crippen molar-refractivity contribution in [1.82, 2.24) is 0 Å². The summed E-state index contributed by atoms with van der Waals surface area (Å²) in [6, 6.07) is 4.80. The van der Waals surface area contributed by atoms with Crippen LogP contribution in [0.15, 0.2) is 23.1 Å². The lowest BCUT2D eigenvalue weighted by atomic mass is 9.98. The SMILES string of the molecule is COC(=O)CCc1ccc(S)cc1C(O)C(=O)O. The number of benzene rings is 1. The van der Waals surface area contributed by atoms with Crippen molar-refractivity contribution in [2.24, 2.45) is 0 Å². The van der Waals surface area contributed by atoms with Crippen LogP contribution in [0.1, 0.15) is 23.7 Å². The molecule has 0 saturated carbocycles. The molecule has 0 heterocycles. The third-order valence-electron chi connectivity index (χ3n) is 2.48. The first-order valence-corrected chi connectivity index (χ1v) is 5.70. The molecule has 0 saturated heterocycles. The van der Waals surface area contributed by atoms with Gasteiger partial charge >= 0.3 is 11.9 Å². The zero-order valence-electron chi connectivity index (χ0n) is 9.79. The van der Waals surface area contributed by atoms with Gasteiger partial charge in [-0.05, 0) is 29.7 Å². The van der Waals surface area contributed by atoms with Gasteiger partial charge in [0.25, 0.3) is 0 Å². The van der Waals surface area contributed by atoms with Gasteiger partial charge in [0.15, 0.2) is 6.10 Å². The predicted octanol–water partition coefficient (Wildman–Crippen LogP) is 1.20. The average Bonchev–Trinajstić information content (AvgIpc) is 2.35. The third-order valence-corrected chi connectivity index (χ3v) is 2.76. The molecule has 2 N–H and O–H groups in total. The second kappa shape index (κ2) is 6.42. The quantitative estimate of drug-likeness (QED) is 0.553. The van der Waals surface area contributed by atoms with Gasteiger partial charge < -0.3 is 14.9 Å². The Morgan fingerprint density at radius 3 is 2.67 bits per heavy atom. The van der Waals surface area contributed by atoms with Gasteiger partial charge in [-0.15, -0.1) is 12.6 Å². The van der Waals surface area contributed by atoms with Gasteiger partial charge in [0.05, 0.1) is 7.11 Å². The molecule has 0 radical (unpaired) electrons. The minimum Gasteiger partial charge on any atom is -0.479 e. The Kier molecular flexibility index (Phi) is 5.18. The summed E-state index contributed by atoms with van der Waals surface area (Å²) in [5, 5.41) is 18.4. The number of rotatable bonds is 5. The smallest absolute Gasteiger partial charge is 0.337 e. The Labute approximate surface area is 110 Å². The number of carboxylic acids is 1. The monoisotopic (exact) mass is 270 g/mol. The van der Waals surface area contributed by atoms with Crippen molar-refractivity contribution in [3.05, 3.63) is 29.3 Å². The molecule has 0 aliphatic heterocycles. The highest BCUT2D eigenvalue weighted by atomic mass is 32.1. The topological polar surface area (TPSA) is 83.8 Å². The number of aliphatic hydroxyl groups excluding tert-OH is 1. The maximum atomic E-state index is 11.1. The highest BCUT2D eigenvalue weighted by molar-refractivity contribution is 7.80. The number of carbonyl (C=O) groups is 2. The van der Waals surface area contributed by atoms with E-state index < -0.39 is 12.1 Å². The molecule has 0 amide bonds. The van der Waals surface area contributed by atoms with Gasteiger partial charge in [0.2, 0.25) is 0 Å². The zero-order valence-corrected chi connectivity index (χ0v) is 10.7. The number of thiol groups is 1. The lowest BCUT2D eigenvalue weighted by Crippen LogP contribution is -2.13. The van der Waals surface area contributed by atoms with Gasteiger partial charge in [-0.1, -0.05) is 6.07 Å². The molecule has 1 aromatic carbocycles. The molecule has 0 aliphatic rings.